The van der Waals surface area contributed by atoms with Crippen LogP contribution in [0.25, 0.3) is 0 Å². The third-order valence-electron chi connectivity index (χ3n) is 3.81. The first-order valence-corrected chi connectivity index (χ1v) is 8.30. The van der Waals surface area contributed by atoms with Crippen LogP contribution in [0.4, 0.5) is 0 Å². The van der Waals surface area contributed by atoms with Gasteiger partial charge in [-0.25, -0.2) is 0 Å². The minimum atomic E-state index is -0.654. The fourth-order valence-corrected chi connectivity index (χ4v) is 3.36. The van der Waals surface area contributed by atoms with Gasteiger partial charge in [0.05, 0.1) is 0 Å². The zero-order chi connectivity index (χ0) is 13.4. The topological polar surface area (TPSA) is 40.5 Å². The highest BCUT2D eigenvalue weighted by Crippen LogP contribution is 2.26. The van der Waals surface area contributed by atoms with Gasteiger partial charge in [-0.15, -0.1) is 0 Å². The highest BCUT2D eigenvalue weighted by molar-refractivity contribution is 7.99. The number of likely N-dealkylation sites (tertiary alicyclic amines) is 1. The van der Waals surface area contributed by atoms with E-state index in [1.165, 1.54) is 43.9 Å². The van der Waals surface area contributed by atoms with Crippen molar-refractivity contribution >= 4 is 17.7 Å². The molecule has 4 heteroatoms. The molecule has 0 spiro atoms. The van der Waals surface area contributed by atoms with Crippen molar-refractivity contribution in [2.24, 2.45) is 11.8 Å². The smallest absolute Gasteiger partial charge is 0.303 e. The van der Waals surface area contributed by atoms with Crippen molar-refractivity contribution < 1.29 is 9.90 Å². The molecular formula is C14H27NO2S. The maximum atomic E-state index is 10.8. The van der Waals surface area contributed by atoms with Crippen molar-refractivity contribution in [2.45, 2.75) is 39.5 Å². The van der Waals surface area contributed by atoms with E-state index in [-0.39, 0.29) is 0 Å². The van der Waals surface area contributed by atoms with Gasteiger partial charge in [-0.05, 0) is 55.7 Å². The van der Waals surface area contributed by atoms with Gasteiger partial charge in [0.2, 0.25) is 0 Å². The summed E-state index contributed by atoms with van der Waals surface area (Å²) in [7, 11) is 0. The van der Waals surface area contributed by atoms with Gasteiger partial charge in [0.1, 0.15) is 0 Å². The van der Waals surface area contributed by atoms with Gasteiger partial charge in [-0.2, -0.15) is 11.8 Å². The van der Waals surface area contributed by atoms with E-state index in [1.807, 2.05) is 11.8 Å². The van der Waals surface area contributed by atoms with Crippen molar-refractivity contribution in [3.05, 3.63) is 0 Å². The zero-order valence-corrected chi connectivity index (χ0v) is 12.5. The Morgan fingerprint density at radius 2 is 2.33 bits per heavy atom. The van der Waals surface area contributed by atoms with Gasteiger partial charge >= 0.3 is 5.97 Å². The lowest BCUT2D eigenvalue weighted by Gasteiger charge is -2.35. The monoisotopic (exact) mass is 273 g/mol. The molecular weight excluding hydrogens is 246 g/mol. The van der Waals surface area contributed by atoms with E-state index < -0.39 is 5.97 Å². The summed E-state index contributed by atoms with van der Waals surface area (Å²) in [4.78, 5) is 13.3. The second-order valence-corrected chi connectivity index (χ2v) is 6.72. The fraction of sp³-hybridized carbons (Fsp3) is 0.929. The summed E-state index contributed by atoms with van der Waals surface area (Å²) in [5.41, 5.74) is 0. The average Bonchev–Trinajstić information content (AvgIpc) is 2.34. The van der Waals surface area contributed by atoms with Crippen molar-refractivity contribution in [3.63, 3.8) is 0 Å². The second kappa shape index (κ2) is 8.81. The van der Waals surface area contributed by atoms with Crippen LogP contribution in [0.5, 0.6) is 0 Å². The summed E-state index contributed by atoms with van der Waals surface area (Å²) in [6.07, 6.45) is 4.02. The molecule has 1 aliphatic heterocycles. The molecule has 0 aromatic carbocycles. The van der Waals surface area contributed by atoms with Crippen LogP contribution >= 0.6 is 11.8 Å². The highest BCUT2D eigenvalue weighted by atomic mass is 32.2. The van der Waals surface area contributed by atoms with Crippen LogP contribution < -0.4 is 0 Å². The van der Waals surface area contributed by atoms with Crippen molar-refractivity contribution in [1.82, 2.24) is 4.90 Å². The van der Waals surface area contributed by atoms with Gasteiger partial charge in [0.25, 0.3) is 0 Å². The standard InChI is InChI=1S/C14H27NO2S/c1-3-18-9-5-8-15-7-4-6-13(11-15)12(2)10-14(16)17/h12-13H,3-11H2,1-2H3,(H,16,17). The number of carbonyl (C=O) groups is 1. The van der Waals surface area contributed by atoms with Crippen LogP contribution in [0.15, 0.2) is 0 Å². The summed E-state index contributed by atoms with van der Waals surface area (Å²) < 4.78 is 0. The summed E-state index contributed by atoms with van der Waals surface area (Å²) in [5.74, 6) is 2.70. The maximum Gasteiger partial charge on any atom is 0.303 e. The molecule has 1 rings (SSSR count). The molecule has 1 N–H and O–H groups in total. The van der Waals surface area contributed by atoms with Crippen molar-refractivity contribution in [2.75, 3.05) is 31.1 Å². The molecule has 1 saturated heterocycles. The molecule has 0 saturated carbocycles. The number of aliphatic carboxylic acids is 1. The Kier molecular flexibility index (Phi) is 7.75. The minimum absolute atomic E-state index is 0.315. The largest absolute Gasteiger partial charge is 0.481 e. The van der Waals surface area contributed by atoms with Crippen molar-refractivity contribution in [1.29, 1.82) is 0 Å². The van der Waals surface area contributed by atoms with E-state index in [0.29, 0.717) is 18.3 Å². The Labute approximate surface area is 115 Å². The first-order valence-electron chi connectivity index (χ1n) is 7.15. The average molecular weight is 273 g/mol. The molecule has 1 aliphatic rings. The molecule has 3 nitrogen and oxygen atoms in total. The molecule has 0 radical (unpaired) electrons. The SMILES string of the molecule is CCSCCCN1CCCC(C(C)CC(=O)O)C1. The Morgan fingerprint density at radius 1 is 1.56 bits per heavy atom. The van der Waals surface area contributed by atoms with E-state index in [2.05, 4.69) is 18.7 Å². The van der Waals surface area contributed by atoms with E-state index in [4.69, 9.17) is 5.11 Å². The fourth-order valence-electron chi connectivity index (χ4n) is 2.74. The molecule has 0 amide bonds. The summed E-state index contributed by atoms with van der Waals surface area (Å²) in [6, 6.07) is 0. The van der Waals surface area contributed by atoms with Gasteiger partial charge in [-0.1, -0.05) is 13.8 Å². The number of carboxylic acids is 1. The van der Waals surface area contributed by atoms with Gasteiger partial charge in [-0.3, -0.25) is 4.79 Å². The van der Waals surface area contributed by atoms with Crippen LogP contribution in [0, 0.1) is 11.8 Å². The summed E-state index contributed by atoms with van der Waals surface area (Å²) >= 11 is 2.01. The van der Waals surface area contributed by atoms with Crippen LogP contribution in [-0.2, 0) is 4.79 Å². The van der Waals surface area contributed by atoms with Crippen LogP contribution in [-0.4, -0.2) is 47.1 Å². The normalized spacial score (nSPS) is 22.9. The van der Waals surface area contributed by atoms with E-state index in [9.17, 15) is 4.79 Å². The maximum absolute atomic E-state index is 10.8. The number of rotatable bonds is 8. The molecule has 1 fully saturated rings. The Bertz CT molecular complexity index is 248. The lowest BCUT2D eigenvalue weighted by Crippen LogP contribution is -2.39. The molecule has 0 aromatic rings. The van der Waals surface area contributed by atoms with Crippen LogP contribution in [0.3, 0.4) is 0 Å². The number of hydrogen-bond acceptors (Lipinski definition) is 3. The second-order valence-electron chi connectivity index (χ2n) is 5.33. The third kappa shape index (κ3) is 6.10. The predicted octanol–water partition coefficient (Wildman–Crippen LogP) is 2.95. The van der Waals surface area contributed by atoms with Gasteiger partial charge in [0, 0.05) is 13.0 Å². The number of hydrogen-bond donors (Lipinski definition) is 1. The number of nitrogens with zero attached hydrogens (tertiary/aromatic N) is 1. The lowest BCUT2D eigenvalue weighted by molar-refractivity contribution is -0.138. The third-order valence-corrected chi connectivity index (χ3v) is 4.80. The predicted molar refractivity (Wildman–Crippen MR) is 78.2 cm³/mol. The van der Waals surface area contributed by atoms with Crippen LogP contribution in [0.1, 0.15) is 39.5 Å². The summed E-state index contributed by atoms with van der Waals surface area (Å²) in [5, 5.41) is 8.86. The van der Waals surface area contributed by atoms with E-state index in [1.54, 1.807) is 0 Å². The summed E-state index contributed by atoms with van der Waals surface area (Å²) in [6.45, 7) is 7.78. The van der Waals surface area contributed by atoms with Gasteiger partial charge in [0.15, 0.2) is 0 Å². The molecule has 1 heterocycles. The number of thioether (sulfide) groups is 1. The lowest BCUT2D eigenvalue weighted by atomic mass is 9.84. The molecule has 2 unspecified atom stereocenters. The van der Waals surface area contributed by atoms with Gasteiger partial charge < -0.3 is 10.0 Å². The van der Waals surface area contributed by atoms with E-state index >= 15 is 0 Å². The Hall–Kier alpha value is -0.220. The van der Waals surface area contributed by atoms with E-state index in [0.717, 1.165) is 6.54 Å². The zero-order valence-electron chi connectivity index (χ0n) is 11.7. The minimum Gasteiger partial charge on any atom is -0.481 e. The molecule has 0 bridgehead atoms. The Balaban J connectivity index is 2.25. The molecule has 2 atom stereocenters. The van der Waals surface area contributed by atoms with Crippen LogP contribution in [0.2, 0.25) is 0 Å². The molecule has 18 heavy (non-hydrogen) atoms. The first kappa shape index (κ1) is 15.8. The quantitative estimate of drug-likeness (QED) is 0.690. The number of piperidine rings is 1. The molecule has 106 valence electrons. The number of carboxylic acid groups (broad SMARTS) is 1. The molecule has 0 aromatic heterocycles. The first-order chi connectivity index (χ1) is 8.63. The Morgan fingerprint density at radius 3 is 3.00 bits per heavy atom. The highest BCUT2D eigenvalue weighted by Gasteiger charge is 2.25. The van der Waals surface area contributed by atoms with Crippen molar-refractivity contribution in [3.8, 4) is 0 Å². The molecule has 0 aliphatic carbocycles.